The van der Waals surface area contributed by atoms with Crippen LogP contribution in [0, 0.1) is 0 Å². The average molecular weight is 379 g/mol. The van der Waals surface area contributed by atoms with E-state index in [2.05, 4.69) is 41.9 Å². The second-order valence-electron chi connectivity index (χ2n) is 7.64. The maximum Gasteiger partial charge on any atom is 0.162 e. The third kappa shape index (κ3) is 4.14. The van der Waals surface area contributed by atoms with E-state index in [1.54, 1.807) is 6.92 Å². The number of rotatable bonds is 6. The minimum atomic E-state index is 0.0591. The van der Waals surface area contributed by atoms with Crippen molar-refractivity contribution < 1.29 is 4.79 Å². The summed E-state index contributed by atoms with van der Waals surface area (Å²) in [5, 5.41) is 0. The molecule has 1 atom stereocenters. The highest BCUT2D eigenvalue weighted by molar-refractivity contribution is 6.07. The van der Waals surface area contributed by atoms with Crippen LogP contribution in [-0.4, -0.2) is 54.6 Å². The molecule has 1 aliphatic rings. The summed E-state index contributed by atoms with van der Waals surface area (Å²) >= 11 is 0. The average Bonchev–Trinajstić information content (AvgIpc) is 3.18. The molecule has 2 heterocycles. The number of pyridine rings is 1. The van der Waals surface area contributed by atoms with Crippen LogP contribution in [0.3, 0.4) is 0 Å². The molecule has 28 heavy (non-hydrogen) atoms. The van der Waals surface area contributed by atoms with Gasteiger partial charge in [0.05, 0.1) is 5.69 Å². The van der Waals surface area contributed by atoms with Crippen LogP contribution in [0.4, 0.5) is 11.5 Å². The molecule has 1 aromatic carbocycles. The van der Waals surface area contributed by atoms with Crippen molar-refractivity contribution in [3.05, 3.63) is 53.2 Å². The van der Waals surface area contributed by atoms with Gasteiger partial charge in [-0.25, -0.2) is 4.98 Å². The predicted octanol–water partition coefficient (Wildman–Crippen LogP) is 4.13. The summed E-state index contributed by atoms with van der Waals surface area (Å²) in [5.41, 5.74) is 4.42. The number of carbonyl (C=O) groups excluding carboxylic acids is 1. The molecule has 0 N–H and O–H groups in total. The van der Waals surface area contributed by atoms with Gasteiger partial charge in [0.25, 0.3) is 0 Å². The molecule has 1 saturated heterocycles. The molecule has 0 radical (unpaired) electrons. The van der Waals surface area contributed by atoms with E-state index in [4.69, 9.17) is 4.99 Å². The summed E-state index contributed by atoms with van der Waals surface area (Å²) in [7, 11) is 4.26. The van der Waals surface area contributed by atoms with Gasteiger partial charge in [-0.3, -0.25) is 9.79 Å². The molecule has 5 heteroatoms. The smallest absolute Gasteiger partial charge is 0.162 e. The molecule has 1 aromatic heterocycles. The second-order valence-corrected chi connectivity index (χ2v) is 7.64. The first kappa shape index (κ1) is 20.2. The van der Waals surface area contributed by atoms with E-state index in [1.165, 1.54) is 0 Å². The van der Waals surface area contributed by atoms with Gasteiger partial charge in [-0.05, 0) is 64.5 Å². The molecule has 3 rings (SSSR count). The highest BCUT2D eigenvalue weighted by atomic mass is 16.1. The van der Waals surface area contributed by atoms with Gasteiger partial charge in [-0.2, -0.15) is 0 Å². The normalized spacial score (nSPS) is 17.4. The van der Waals surface area contributed by atoms with Crippen LogP contribution in [0.25, 0.3) is 0 Å². The van der Waals surface area contributed by atoms with E-state index in [9.17, 15) is 4.79 Å². The van der Waals surface area contributed by atoms with Gasteiger partial charge >= 0.3 is 0 Å². The minimum absolute atomic E-state index is 0.0591. The second kappa shape index (κ2) is 8.65. The van der Waals surface area contributed by atoms with E-state index >= 15 is 0 Å². The Bertz CT molecular complexity index is 888. The number of anilines is 1. The molecule has 0 spiro atoms. The zero-order valence-electron chi connectivity index (χ0n) is 17.6. The van der Waals surface area contributed by atoms with Crippen LogP contribution in [0.1, 0.15) is 48.7 Å². The number of Topliss-reactive ketones (excluding diaryl/α,β-unsaturated/α-hetero) is 1. The van der Waals surface area contributed by atoms with E-state index < -0.39 is 0 Å². The molecule has 148 valence electrons. The van der Waals surface area contributed by atoms with E-state index in [1.807, 2.05) is 37.4 Å². The summed E-state index contributed by atoms with van der Waals surface area (Å²) in [6.07, 6.45) is 3.79. The molecule has 1 fully saturated rings. The number of ketones is 1. The van der Waals surface area contributed by atoms with Crippen LogP contribution >= 0.6 is 0 Å². The van der Waals surface area contributed by atoms with Crippen LogP contribution < -0.4 is 4.90 Å². The van der Waals surface area contributed by atoms with Crippen molar-refractivity contribution in [1.82, 2.24) is 9.88 Å². The number of aliphatic imine (C=N–C) groups is 1. The van der Waals surface area contributed by atoms with Crippen molar-refractivity contribution in [2.45, 2.75) is 39.7 Å². The third-order valence-corrected chi connectivity index (χ3v) is 5.52. The van der Waals surface area contributed by atoms with Crippen molar-refractivity contribution in [3.63, 3.8) is 0 Å². The third-order valence-electron chi connectivity index (χ3n) is 5.52. The Labute approximate surface area is 168 Å². The van der Waals surface area contributed by atoms with Crippen LogP contribution in [0.2, 0.25) is 0 Å². The zero-order valence-corrected chi connectivity index (χ0v) is 17.6. The maximum atomic E-state index is 12.2. The highest BCUT2D eigenvalue weighted by Gasteiger charge is 2.26. The van der Waals surface area contributed by atoms with Crippen LogP contribution in [-0.2, 0) is 6.42 Å². The molecule has 5 nitrogen and oxygen atoms in total. The van der Waals surface area contributed by atoms with Gasteiger partial charge in [-0.1, -0.05) is 19.1 Å². The Hall–Kier alpha value is -2.53. The van der Waals surface area contributed by atoms with Crippen LogP contribution in [0.5, 0.6) is 0 Å². The van der Waals surface area contributed by atoms with Gasteiger partial charge in [0.2, 0.25) is 0 Å². The van der Waals surface area contributed by atoms with E-state index in [0.717, 1.165) is 59.8 Å². The molecular formula is C23H30N4O. The minimum Gasteiger partial charge on any atom is -0.354 e. The Morgan fingerprint density at radius 1 is 1.25 bits per heavy atom. The lowest BCUT2D eigenvalue weighted by Gasteiger charge is -2.23. The summed E-state index contributed by atoms with van der Waals surface area (Å²) in [6.45, 7) is 7.64. The standard InChI is InChI=1S/C23H30N4O/c1-6-18-9-7-11-21(22(18)17(3)28)25-16(2)20-10-8-13-24-23(20)27-14-12-19(15-27)26(4)5/h7-11,13,19H,6,12,14-15H2,1-5H3/b25-16+. The van der Waals surface area contributed by atoms with E-state index in [0.29, 0.717) is 6.04 Å². The largest absolute Gasteiger partial charge is 0.354 e. The first-order valence-corrected chi connectivity index (χ1v) is 9.97. The molecular weight excluding hydrogens is 348 g/mol. The van der Waals surface area contributed by atoms with Crippen molar-refractivity contribution in [1.29, 1.82) is 0 Å². The molecule has 0 saturated carbocycles. The predicted molar refractivity (Wildman–Crippen MR) is 116 cm³/mol. The van der Waals surface area contributed by atoms with Gasteiger partial charge in [0.1, 0.15) is 5.82 Å². The van der Waals surface area contributed by atoms with Gasteiger partial charge in [0, 0.05) is 42.2 Å². The highest BCUT2D eigenvalue weighted by Crippen LogP contribution is 2.28. The number of aryl methyl sites for hydroxylation is 1. The first-order valence-electron chi connectivity index (χ1n) is 9.97. The molecule has 0 aliphatic carbocycles. The fraction of sp³-hybridized carbons (Fsp3) is 0.435. The van der Waals surface area contributed by atoms with E-state index in [-0.39, 0.29) is 5.78 Å². The Morgan fingerprint density at radius 2 is 2.04 bits per heavy atom. The Morgan fingerprint density at radius 3 is 2.68 bits per heavy atom. The number of benzene rings is 1. The maximum absolute atomic E-state index is 12.2. The molecule has 2 aromatic rings. The summed E-state index contributed by atoms with van der Waals surface area (Å²) < 4.78 is 0. The number of carbonyl (C=O) groups is 1. The molecule has 0 amide bonds. The fourth-order valence-corrected chi connectivity index (χ4v) is 3.91. The molecule has 1 unspecified atom stereocenters. The van der Waals surface area contributed by atoms with Crippen molar-refractivity contribution in [3.8, 4) is 0 Å². The quantitative estimate of drug-likeness (QED) is 0.560. The summed E-state index contributed by atoms with van der Waals surface area (Å²) in [5.74, 6) is 1.04. The molecule has 1 aliphatic heterocycles. The topological polar surface area (TPSA) is 48.8 Å². The lowest BCUT2D eigenvalue weighted by atomic mass is 10.00. The van der Waals surface area contributed by atoms with Gasteiger partial charge in [-0.15, -0.1) is 0 Å². The van der Waals surface area contributed by atoms with Crippen molar-refractivity contribution in [2.75, 3.05) is 32.1 Å². The molecule has 0 bridgehead atoms. The number of hydrogen-bond donors (Lipinski definition) is 0. The number of nitrogens with zero attached hydrogens (tertiary/aromatic N) is 4. The summed E-state index contributed by atoms with van der Waals surface area (Å²) in [6, 6.07) is 10.5. The SMILES string of the molecule is CCc1cccc(/N=C(\C)c2cccnc2N2CCC(N(C)C)C2)c1C(C)=O. The number of likely N-dealkylation sites (N-methyl/N-ethyl adjacent to an activating group) is 1. The monoisotopic (exact) mass is 378 g/mol. The fourth-order valence-electron chi connectivity index (χ4n) is 3.91. The number of hydrogen-bond acceptors (Lipinski definition) is 5. The summed E-state index contributed by atoms with van der Waals surface area (Å²) in [4.78, 5) is 26.4. The Balaban J connectivity index is 1.99. The Kier molecular flexibility index (Phi) is 6.25. The van der Waals surface area contributed by atoms with Crippen molar-refractivity contribution >= 4 is 23.0 Å². The van der Waals surface area contributed by atoms with Crippen molar-refractivity contribution in [2.24, 2.45) is 4.99 Å². The van der Waals surface area contributed by atoms with Gasteiger partial charge in [0.15, 0.2) is 5.78 Å². The lowest BCUT2D eigenvalue weighted by molar-refractivity contribution is 0.101. The number of aromatic nitrogens is 1. The first-order chi connectivity index (χ1) is 13.4. The van der Waals surface area contributed by atoms with Gasteiger partial charge < -0.3 is 9.80 Å². The lowest BCUT2D eigenvalue weighted by Crippen LogP contribution is -2.32. The van der Waals surface area contributed by atoms with Crippen LogP contribution in [0.15, 0.2) is 41.5 Å². The zero-order chi connectivity index (χ0) is 20.3.